The fraction of sp³-hybridized carbons (Fsp3) is 0.200. The van der Waals surface area contributed by atoms with E-state index in [9.17, 15) is 45.5 Å². The number of hydrogen-bond acceptors (Lipinski definition) is 10. The average Bonchev–Trinajstić information content (AvgIpc) is 3.33. The summed E-state index contributed by atoms with van der Waals surface area (Å²) in [5.41, 5.74) is 16.6. The minimum Gasteiger partial charge on any atom is -0.494 e. The van der Waals surface area contributed by atoms with Gasteiger partial charge in [0.2, 0.25) is 0 Å². The Morgan fingerprint density at radius 1 is 0.507 bits per heavy atom. The number of alkyl halides is 6. The predicted molar refractivity (Wildman–Crippen MR) is 259 cm³/mol. The maximum atomic E-state index is 14.0. The number of allylic oxidation sites excluding steroid dienone is 2. The van der Waals surface area contributed by atoms with E-state index in [0.29, 0.717) is 50.7 Å². The summed E-state index contributed by atoms with van der Waals surface area (Å²) in [5, 5.41) is 0. The third-order valence-corrected chi connectivity index (χ3v) is 10.8. The number of rotatable bonds is 21. The van der Waals surface area contributed by atoms with Crippen LogP contribution in [0, 0.1) is 6.92 Å². The number of halogens is 6. The van der Waals surface area contributed by atoms with Gasteiger partial charge in [0.15, 0.2) is 11.6 Å². The second-order valence-electron chi connectivity index (χ2n) is 16.2. The van der Waals surface area contributed by atoms with Crippen molar-refractivity contribution in [2.24, 2.45) is 0 Å². The summed E-state index contributed by atoms with van der Waals surface area (Å²) >= 11 is 0. The van der Waals surface area contributed by atoms with Crippen molar-refractivity contribution in [1.82, 2.24) is 0 Å². The first-order chi connectivity index (χ1) is 33.8. The van der Waals surface area contributed by atoms with Gasteiger partial charge < -0.3 is 30.4 Å². The molecule has 0 bridgehead atoms. The van der Waals surface area contributed by atoms with E-state index in [4.69, 9.17) is 30.4 Å². The zero-order valence-corrected chi connectivity index (χ0v) is 38.3. The third kappa shape index (κ3) is 16.0. The van der Waals surface area contributed by atoms with E-state index in [-0.39, 0.29) is 72.6 Å². The lowest BCUT2D eigenvalue weighted by Crippen LogP contribution is -2.09. The van der Waals surface area contributed by atoms with Crippen molar-refractivity contribution in [1.29, 1.82) is 0 Å². The van der Waals surface area contributed by atoms with E-state index >= 15 is 0 Å². The Hall–Kier alpha value is -8.14. The number of esters is 2. The van der Waals surface area contributed by atoms with Gasteiger partial charge in [0.25, 0.3) is 0 Å². The number of benzene rings is 6. The van der Waals surface area contributed by atoms with E-state index in [0.717, 1.165) is 0 Å². The summed E-state index contributed by atoms with van der Waals surface area (Å²) in [6.45, 7) is 1.92. The number of nitrogens with two attached hydrogens (primary N) is 2. The third-order valence-electron chi connectivity index (χ3n) is 10.8. The maximum Gasteiger partial charge on any atom is 0.389 e. The highest BCUT2D eigenvalue weighted by Gasteiger charge is 2.27. The Labute approximate surface area is 405 Å². The molecule has 0 aromatic heterocycles. The number of unbranched alkanes of at least 4 members (excludes halogenated alkanes) is 2. The number of nitrogen functional groups attached to an aromatic ring is 2. The van der Waals surface area contributed by atoms with Crippen molar-refractivity contribution in [3.8, 4) is 34.1 Å². The van der Waals surface area contributed by atoms with Crippen molar-refractivity contribution in [3.63, 3.8) is 0 Å². The molecule has 6 aromatic rings. The van der Waals surface area contributed by atoms with Crippen molar-refractivity contribution < 1.29 is 64.5 Å². The molecule has 10 nitrogen and oxygen atoms in total. The molecule has 0 unspecified atom stereocenters. The Morgan fingerprint density at radius 3 is 1.38 bits per heavy atom. The molecular weight excluding hydrogens is 931 g/mol. The summed E-state index contributed by atoms with van der Waals surface area (Å²) in [6, 6.07) is 32.9. The molecule has 0 aliphatic rings. The molecule has 0 heterocycles. The van der Waals surface area contributed by atoms with Crippen LogP contribution in [-0.2, 0) is 0 Å². The fourth-order valence-corrected chi connectivity index (χ4v) is 7.02. The summed E-state index contributed by atoms with van der Waals surface area (Å²) in [4.78, 5) is 53.6. The van der Waals surface area contributed by atoms with Crippen molar-refractivity contribution in [2.75, 3.05) is 24.7 Å². The van der Waals surface area contributed by atoms with Crippen LogP contribution in [0.1, 0.15) is 96.6 Å². The second kappa shape index (κ2) is 23.9. The Bertz CT molecular complexity index is 2880. The lowest BCUT2D eigenvalue weighted by molar-refractivity contribution is -0.136. The van der Waals surface area contributed by atoms with Crippen LogP contribution >= 0.6 is 0 Å². The molecule has 0 amide bonds. The van der Waals surface area contributed by atoms with E-state index in [1.165, 1.54) is 66.7 Å². The van der Waals surface area contributed by atoms with Crippen LogP contribution in [0.4, 0.5) is 37.7 Å². The predicted octanol–water partition coefficient (Wildman–Crippen LogP) is 13.3. The normalized spacial score (nSPS) is 11.7. The number of ether oxygens (including phenoxy) is 4. The zero-order chi connectivity index (χ0) is 51.1. The van der Waals surface area contributed by atoms with Crippen LogP contribution in [-0.4, -0.2) is 49.1 Å². The molecule has 0 aliphatic carbocycles. The lowest BCUT2D eigenvalue weighted by Gasteiger charge is -2.16. The molecule has 0 spiro atoms. The van der Waals surface area contributed by atoms with Gasteiger partial charge in [-0.3, -0.25) is 9.59 Å². The smallest absolute Gasteiger partial charge is 0.389 e. The van der Waals surface area contributed by atoms with Gasteiger partial charge in [-0.25, -0.2) is 9.59 Å². The van der Waals surface area contributed by atoms with E-state index in [1.807, 2.05) is 0 Å². The number of carbonyl (C=O) groups excluding carboxylic acids is 4. The van der Waals surface area contributed by atoms with Crippen molar-refractivity contribution in [3.05, 3.63) is 178 Å². The molecule has 0 atom stereocenters. The van der Waals surface area contributed by atoms with Crippen LogP contribution in [0.15, 0.2) is 140 Å². The van der Waals surface area contributed by atoms with Gasteiger partial charge in [0.1, 0.15) is 23.0 Å². The standard InChI is InChI=1S/C55H48F6N2O8/c1-35-48(63)27-26-46(51(35)50(65)29-11-37-8-14-39(15-9-37)53(67)71-44-23-19-42(20-24-44)69-33-5-3-31-55(59,60)61)45-25-16-40(62)34-47(45)49(64)28-10-36-6-12-38(13-7-36)52(66)70-43-21-17-41(18-22-43)68-32-4-2-30-54(56,57)58/h6-29,34H,2-5,30-33,62-63H2,1H3. The molecule has 0 radical (unpaired) electrons. The van der Waals surface area contributed by atoms with Gasteiger partial charge in [-0.15, -0.1) is 0 Å². The lowest BCUT2D eigenvalue weighted by atomic mass is 9.88. The number of ketones is 2. The summed E-state index contributed by atoms with van der Waals surface area (Å²) in [5.74, 6) is -0.818. The summed E-state index contributed by atoms with van der Waals surface area (Å²) in [7, 11) is 0. The first kappa shape index (κ1) is 52.2. The second-order valence-corrected chi connectivity index (χ2v) is 16.2. The molecule has 0 aliphatic heterocycles. The van der Waals surface area contributed by atoms with Gasteiger partial charge in [-0.2, -0.15) is 26.3 Å². The summed E-state index contributed by atoms with van der Waals surface area (Å²) in [6.07, 6.45) is -3.93. The first-order valence-electron chi connectivity index (χ1n) is 22.3. The van der Waals surface area contributed by atoms with E-state index < -0.39 is 48.7 Å². The molecule has 0 saturated heterocycles. The average molecular weight is 979 g/mol. The van der Waals surface area contributed by atoms with Gasteiger partial charge in [0, 0.05) is 35.3 Å². The molecule has 6 rings (SSSR count). The molecule has 368 valence electrons. The van der Waals surface area contributed by atoms with Crippen LogP contribution < -0.4 is 30.4 Å². The maximum absolute atomic E-state index is 14.0. The van der Waals surface area contributed by atoms with E-state index in [1.54, 1.807) is 91.9 Å². The summed E-state index contributed by atoms with van der Waals surface area (Å²) < 4.78 is 95.9. The van der Waals surface area contributed by atoms with Crippen LogP contribution in [0.3, 0.4) is 0 Å². The highest BCUT2D eigenvalue weighted by atomic mass is 19.4. The van der Waals surface area contributed by atoms with Crippen molar-refractivity contribution >= 4 is 47.0 Å². The molecule has 16 heteroatoms. The highest BCUT2D eigenvalue weighted by molar-refractivity contribution is 6.16. The highest BCUT2D eigenvalue weighted by Crippen LogP contribution is 2.34. The molecular formula is C55H48F6N2O8. The number of hydrogen-bond donors (Lipinski definition) is 2. The molecule has 6 aromatic carbocycles. The minimum atomic E-state index is -4.21. The van der Waals surface area contributed by atoms with Gasteiger partial charge in [-0.1, -0.05) is 48.6 Å². The van der Waals surface area contributed by atoms with Crippen LogP contribution in [0.2, 0.25) is 0 Å². The Balaban J connectivity index is 1.06. The minimum absolute atomic E-state index is 0.0415. The van der Waals surface area contributed by atoms with Crippen LogP contribution in [0.5, 0.6) is 23.0 Å². The van der Waals surface area contributed by atoms with Crippen LogP contribution in [0.25, 0.3) is 23.3 Å². The number of anilines is 2. The zero-order valence-electron chi connectivity index (χ0n) is 38.3. The SMILES string of the molecule is Cc1c(N)ccc(-c2ccc(N)cc2C(=O)C=Cc2ccc(C(=O)Oc3ccc(OCCCCC(F)(F)F)cc3)cc2)c1C(=O)C=Cc1ccc(C(=O)Oc2ccc(OCCCCC(F)(F)F)cc2)cc1. The Kier molecular flexibility index (Phi) is 17.6. The topological polar surface area (TPSA) is 157 Å². The van der Waals surface area contributed by atoms with Gasteiger partial charge in [-0.05, 0) is 164 Å². The molecule has 0 saturated carbocycles. The number of carbonyl (C=O) groups is 4. The quantitative estimate of drug-likeness (QED) is 0.0135. The fourth-order valence-electron chi connectivity index (χ4n) is 7.02. The molecule has 71 heavy (non-hydrogen) atoms. The van der Waals surface area contributed by atoms with E-state index in [2.05, 4.69) is 0 Å². The Morgan fingerprint density at radius 2 is 0.930 bits per heavy atom. The van der Waals surface area contributed by atoms with Crippen molar-refractivity contribution in [2.45, 2.75) is 57.8 Å². The monoisotopic (exact) mass is 978 g/mol. The van der Waals surface area contributed by atoms with Gasteiger partial charge in [0.05, 0.1) is 24.3 Å². The largest absolute Gasteiger partial charge is 0.494 e. The first-order valence-corrected chi connectivity index (χ1v) is 22.3. The van der Waals surface area contributed by atoms with Gasteiger partial charge >= 0.3 is 24.3 Å². The molecule has 4 N–H and O–H groups in total. The molecule has 0 fully saturated rings.